The summed E-state index contributed by atoms with van der Waals surface area (Å²) in [4.78, 5) is 0. The van der Waals surface area contributed by atoms with Crippen LogP contribution < -0.4 is 10.6 Å². The van der Waals surface area contributed by atoms with Crippen molar-refractivity contribution in [2.24, 2.45) is 0 Å². The van der Waals surface area contributed by atoms with E-state index >= 15 is 0 Å². The molecular weight excluding hydrogens is 152 g/mol. The van der Waals surface area contributed by atoms with Gasteiger partial charge in [-0.15, -0.1) is 0 Å². The number of hydrogen-bond acceptors (Lipinski definition) is 3. The zero-order chi connectivity index (χ0) is 8.60. The van der Waals surface area contributed by atoms with Gasteiger partial charge in [0.25, 0.3) is 0 Å². The first-order valence-electron chi connectivity index (χ1n) is 4.81. The quantitative estimate of drug-likeness (QED) is 0.617. The Kier molecular flexibility index (Phi) is 2.10. The minimum absolute atomic E-state index is 0.215. The van der Waals surface area contributed by atoms with Crippen molar-refractivity contribution in [3.8, 4) is 0 Å². The van der Waals surface area contributed by atoms with Gasteiger partial charge in [-0.2, -0.15) is 0 Å². The van der Waals surface area contributed by atoms with Crippen LogP contribution in [0.15, 0.2) is 0 Å². The van der Waals surface area contributed by atoms with Gasteiger partial charge in [-0.1, -0.05) is 0 Å². The molecule has 2 aliphatic heterocycles. The summed E-state index contributed by atoms with van der Waals surface area (Å²) in [6, 6.07) is 0.666. The van der Waals surface area contributed by atoms with Crippen LogP contribution in [0.25, 0.3) is 0 Å². The molecule has 0 saturated carbocycles. The minimum atomic E-state index is 0.215. The van der Waals surface area contributed by atoms with E-state index in [1.807, 2.05) is 0 Å². The topological polar surface area (TPSA) is 33.3 Å². The minimum Gasteiger partial charge on any atom is -0.377 e. The second kappa shape index (κ2) is 2.98. The van der Waals surface area contributed by atoms with Gasteiger partial charge in [-0.05, 0) is 20.3 Å². The fourth-order valence-electron chi connectivity index (χ4n) is 1.88. The molecule has 2 unspecified atom stereocenters. The van der Waals surface area contributed by atoms with Gasteiger partial charge in [0.05, 0.1) is 6.10 Å². The van der Waals surface area contributed by atoms with E-state index in [1.165, 1.54) is 0 Å². The van der Waals surface area contributed by atoms with Crippen LogP contribution in [0, 0.1) is 0 Å². The van der Waals surface area contributed by atoms with Crippen molar-refractivity contribution in [1.82, 2.24) is 10.6 Å². The van der Waals surface area contributed by atoms with Crippen LogP contribution in [-0.4, -0.2) is 37.4 Å². The molecule has 0 spiro atoms. The molecule has 0 bridgehead atoms. The maximum Gasteiger partial charge on any atom is 0.0726 e. The molecule has 3 heteroatoms. The van der Waals surface area contributed by atoms with Crippen molar-refractivity contribution in [2.75, 3.05) is 19.7 Å². The van der Waals surface area contributed by atoms with Gasteiger partial charge in [0.15, 0.2) is 0 Å². The summed E-state index contributed by atoms with van der Waals surface area (Å²) in [6.07, 6.45) is 1.50. The van der Waals surface area contributed by atoms with E-state index in [4.69, 9.17) is 4.74 Å². The Balaban J connectivity index is 1.90. The monoisotopic (exact) mass is 170 g/mol. The molecular formula is C9H18N2O. The zero-order valence-electron chi connectivity index (χ0n) is 7.89. The summed E-state index contributed by atoms with van der Waals surface area (Å²) in [7, 11) is 0. The number of nitrogens with one attached hydrogen (secondary N) is 2. The molecule has 2 N–H and O–H groups in total. The highest BCUT2D eigenvalue weighted by molar-refractivity contribution is 4.98. The molecule has 2 atom stereocenters. The first-order valence-corrected chi connectivity index (χ1v) is 4.81. The van der Waals surface area contributed by atoms with Crippen LogP contribution in [0.1, 0.15) is 20.3 Å². The molecule has 0 radical (unpaired) electrons. The second-order valence-electron chi connectivity index (χ2n) is 4.18. The Morgan fingerprint density at radius 1 is 1.50 bits per heavy atom. The lowest BCUT2D eigenvalue weighted by atomic mass is 9.92. The van der Waals surface area contributed by atoms with Crippen LogP contribution in [0.3, 0.4) is 0 Å². The average Bonchev–Trinajstić information content (AvgIpc) is 2.26. The smallest absolute Gasteiger partial charge is 0.0726 e. The Morgan fingerprint density at radius 3 is 2.67 bits per heavy atom. The molecule has 0 aliphatic carbocycles. The predicted octanol–water partition coefficient (Wildman–Crippen LogP) is 0.115. The molecule has 3 nitrogen and oxygen atoms in total. The molecule has 0 aromatic rings. The van der Waals surface area contributed by atoms with Crippen LogP contribution in [-0.2, 0) is 4.74 Å². The second-order valence-corrected chi connectivity index (χ2v) is 4.18. The third kappa shape index (κ3) is 1.37. The number of rotatable bonds is 2. The average molecular weight is 170 g/mol. The molecule has 0 aromatic carbocycles. The van der Waals surface area contributed by atoms with Crippen molar-refractivity contribution in [3.63, 3.8) is 0 Å². The zero-order valence-corrected chi connectivity index (χ0v) is 7.89. The van der Waals surface area contributed by atoms with Crippen molar-refractivity contribution >= 4 is 0 Å². The number of hydrogen-bond donors (Lipinski definition) is 2. The maximum absolute atomic E-state index is 5.55. The first kappa shape index (κ1) is 8.48. The van der Waals surface area contributed by atoms with Crippen LogP contribution in [0.4, 0.5) is 0 Å². The van der Waals surface area contributed by atoms with Crippen molar-refractivity contribution in [3.05, 3.63) is 0 Å². The van der Waals surface area contributed by atoms with E-state index in [0.717, 1.165) is 26.1 Å². The molecule has 2 heterocycles. The van der Waals surface area contributed by atoms with Gasteiger partial charge in [-0.25, -0.2) is 0 Å². The van der Waals surface area contributed by atoms with E-state index in [1.54, 1.807) is 0 Å². The van der Waals surface area contributed by atoms with Crippen LogP contribution >= 0.6 is 0 Å². The van der Waals surface area contributed by atoms with E-state index < -0.39 is 0 Å². The molecule has 12 heavy (non-hydrogen) atoms. The van der Waals surface area contributed by atoms with Gasteiger partial charge in [0.1, 0.15) is 0 Å². The predicted molar refractivity (Wildman–Crippen MR) is 48.2 cm³/mol. The third-order valence-electron chi connectivity index (χ3n) is 3.20. The Labute approximate surface area is 73.9 Å². The van der Waals surface area contributed by atoms with Gasteiger partial charge in [0, 0.05) is 31.3 Å². The van der Waals surface area contributed by atoms with Crippen molar-refractivity contribution in [2.45, 2.75) is 38.0 Å². The molecule has 2 aliphatic rings. The van der Waals surface area contributed by atoms with E-state index in [0.29, 0.717) is 12.1 Å². The highest BCUT2D eigenvalue weighted by atomic mass is 16.5. The molecule has 0 amide bonds. The first-order chi connectivity index (χ1) is 5.71. The lowest BCUT2D eigenvalue weighted by molar-refractivity contribution is 0.0805. The fourth-order valence-corrected chi connectivity index (χ4v) is 1.88. The Morgan fingerprint density at radius 2 is 2.25 bits per heavy atom. The lowest BCUT2D eigenvalue weighted by Crippen LogP contribution is -2.63. The maximum atomic E-state index is 5.55. The lowest BCUT2D eigenvalue weighted by Gasteiger charge is -2.38. The van der Waals surface area contributed by atoms with E-state index in [9.17, 15) is 0 Å². The Hall–Kier alpha value is -0.120. The van der Waals surface area contributed by atoms with Gasteiger partial charge in [0.2, 0.25) is 0 Å². The largest absolute Gasteiger partial charge is 0.377 e. The van der Waals surface area contributed by atoms with E-state index in [-0.39, 0.29) is 5.54 Å². The highest BCUT2D eigenvalue weighted by Crippen LogP contribution is 2.25. The molecule has 0 aromatic heterocycles. The van der Waals surface area contributed by atoms with E-state index in [2.05, 4.69) is 24.5 Å². The fraction of sp³-hybridized carbons (Fsp3) is 1.00. The standard InChI is InChI=1S/C9H18N2O/c1-7-9(2,3-4-12-7)11-8-5-10-6-8/h7-8,10-11H,3-6H2,1-2H3. The summed E-state index contributed by atoms with van der Waals surface area (Å²) >= 11 is 0. The van der Waals surface area contributed by atoms with Crippen LogP contribution in [0.5, 0.6) is 0 Å². The van der Waals surface area contributed by atoms with Gasteiger partial charge < -0.3 is 15.4 Å². The number of ether oxygens (including phenoxy) is 1. The molecule has 2 rings (SSSR count). The van der Waals surface area contributed by atoms with Gasteiger partial charge in [-0.3, -0.25) is 0 Å². The molecule has 70 valence electrons. The summed E-state index contributed by atoms with van der Waals surface area (Å²) < 4.78 is 5.55. The summed E-state index contributed by atoms with van der Waals surface area (Å²) in [5.41, 5.74) is 0.215. The molecule has 2 saturated heterocycles. The SMILES string of the molecule is CC1OCCC1(C)NC1CNC1. The molecule has 2 fully saturated rings. The van der Waals surface area contributed by atoms with Gasteiger partial charge >= 0.3 is 0 Å². The normalized spacial score (nSPS) is 43.0. The van der Waals surface area contributed by atoms with Crippen molar-refractivity contribution < 1.29 is 4.74 Å². The third-order valence-corrected chi connectivity index (χ3v) is 3.20. The van der Waals surface area contributed by atoms with Crippen molar-refractivity contribution in [1.29, 1.82) is 0 Å². The summed E-state index contributed by atoms with van der Waals surface area (Å²) in [6.45, 7) is 7.56. The highest BCUT2D eigenvalue weighted by Gasteiger charge is 2.39. The summed E-state index contributed by atoms with van der Waals surface area (Å²) in [5, 5.41) is 6.92. The summed E-state index contributed by atoms with van der Waals surface area (Å²) in [5.74, 6) is 0. The van der Waals surface area contributed by atoms with Crippen LogP contribution in [0.2, 0.25) is 0 Å². The Bertz CT molecular complexity index is 170.